The molecule has 0 aromatic heterocycles. The third kappa shape index (κ3) is 12.1. The molecular formula is C39H71N3O7. The van der Waals surface area contributed by atoms with Crippen LogP contribution in [0, 0.1) is 29.6 Å². The highest BCUT2D eigenvalue weighted by atomic mass is 16.5. The Bertz CT molecular complexity index is 1020. The summed E-state index contributed by atoms with van der Waals surface area (Å²) in [5, 5.41) is 10.3. The minimum atomic E-state index is -0.884. The molecule has 0 radical (unpaired) electrons. The van der Waals surface area contributed by atoms with Crippen molar-refractivity contribution in [3.8, 4) is 0 Å². The SMILES string of the molecule is CC[C@H](C)[C@@H]([C@@H](CC(=O)N1CCC[C@H]1[C@H](OC)[C@@H](C)C(=O)CCCC1CCCCC1)OC)N(C)C(=O)[C@H](CO)CC(=O)[C@H](C(C)C)N(C)C. The molecule has 0 aromatic carbocycles. The number of ether oxygens (including phenoxy) is 2. The van der Waals surface area contributed by atoms with Crippen LogP contribution in [0.15, 0.2) is 0 Å². The standard InChI is InChI=1S/C39H71N3O7/c1-11-27(4)37(41(8)39(47)30(25-43)23-33(45)36(26(2)3)40(6)7)34(48-9)24-35(46)42-22-16-20-31(42)38(49-10)28(5)32(44)21-15-19-29-17-13-12-14-18-29/h26-31,34,36-38,43H,11-25H2,1-10H3/t27-,28-,30-,31-,34+,36-,37-,38+/m0/s1. The van der Waals surface area contributed by atoms with Crippen molar-refractivity contribution in [3.63, 3.8) is 0 Å². The van der Waals surface area contributed by atoms with Gasteiger partial charge in [-0.05, 0) is 51.1 Å². The lowest BCUT2D eigenvalue weighted by Gasteiger charge is -2.40. The second-order valence-corrected chi connectivity index (χ2v) is 15.7. The van der Waals surface area contributed by atoms with Gasteiger partial charge in [0.2, 0.25) is 11.8 Å². The van der Waals surface area contributed by atoms with Gasteiger partial charge in [0.1, 0.15) is 5.78 Å². The van der Waals surface area contributed by atoms with E-state index in [0.29, 0.717) is 13.0 Å². The molecule has 1 saturated carbocycles. The molecule has 2 rings (SSSR count). The molecule has 0 bridgehead atoms. The smallest absolute Gasteiger partial charge is 0.228 e. The summed E-state index contributed by atoms with van der Waals surface area (Å²) in [6, 6.07) is -1.01. The van der Waals surface area contributed by atoms with Gasteiger partial charge < -0.3 is 24.4 Å². The lowest BCUT2D eigenvalue weighted by Crippen LogP contribution is -2.54. The van der Waals surface area contributed by atoms with E-state index in [2.05, 4.69) is 0 Å². The van der Waals surface area contributed by atoms with Gasteiger partial charge in [0.15, 0.2) is 5.78 Å². The molecule has 0 spiro atoms. The number of aliphatic hydroxyl groups excluding tert-OH is 1. The molecule has 49 heavy (non-hydrogen) atoms. The number of Topliss-reactive ketones (excluding diaryl/α,β-unsaturated/α-hetero) is 2. The second-order valence-electron chi connectivity index (χ2n) is 15.7. The molecule has 2 fully saturated rings. The quantitative estimate of drug-likeness (QED) is 0.161. The number of ketones is 2. The Balaban J connectivity index is 2.15. The number of methoxy groups -OCH3 is 2. The average molecular weight is 694 g/mol. The summed E-state index contributed by atoms with van der Waals surface area (Å²) in [7, 11) is 8.59. The maximum atomic E-state index is 14.0. The number of carbonyl (C=O) groups is 4. The molecule has 10 heteroatoms. The van der Waals surface area contributed by atoms with Crippen LogP contribution in [0.1, 0.15) is 118 Å². The first kappa shape index (κ1) is 43.3. The van der Waals surface area contributed by atoms with Crippen LogP contribution in [0.3, 0.4) is 0 Å². The van der Waals surface area contributed by atoms with Crippen LogP contribution in [0.4, 0.5) is 0 Å². The molecular weight excluding hydrogens is 622 g/mol. The molecule has 284 valence electrons. The normalized spacial score (nSPS) is 21.7. The van der Waals surface area contributed by atoms with E-state index in [9.17, 15) is 24.3 Å². The van der Waals surface area contributed by atoms with Gasteiger partial charge in [-0.2, -0.15) is 0 Å². The third-order valence-corrected chi connectivity index (χ3v) is 11.6. The van der Waals surface area contributed by atoms with Crippen LogP contribution < -0.4 is 0 Å². The molecule has 1 aliphatic heterocycles. The molecule has 1 aliphatic carbocycles. The maximum Gasteiger partial charge on any atom is 0.228 e. The molecule has 0 aromatic rings. The van der Waals surface area contributed by atoms with Crippen molar-refractivity contribution in [1.82, 2.24) is 14.7 Å². The molecule has 2 amide bonds. The highest BCUT2D eigenvalue weighted by Gasteiger charge is 2.42. The number of amides is 2. The summed E-state index contributed by atoms with van der Waals surface area (Å²) < 4.78 is 11.9. The lowest BCUT2D eigenvalue weighted by molar-refractivity contribution is -0.149. The van der Waals surface area contributed by atoms with Crippen molar-refractivity contribution >= 4 is 23.4 Å². The van der Waals surface area contributed by atoms with Crippen molar-refractivity contribution in [2.24, 2.45) is 29.6 Å². The van der Waals surface area contributed by atoms with Gasteiger partial charge in [-0.25, -0.2) is 0 Å². The zero-order valence-electron chi connectivity index (χ0n) is 32.6. The van der Waals surface area contributed by atoms with Crippen LogP contribution in [-0.2, 0) is 28.7 Å². The predicted molar refractivity (Wildman–Crippen MR) is 194 cm³/mol. The van der Waals surface area contributed by atoms with Crippen LogP contribution in [0.5, 0.6) is 0 Å². The van der Waals surface area contributed by atoms with Crippen LogP contribution in [0.25, 0.3) is 0 Å². The molecule has 2 aliphatic rings. The zero-order valence-corrected chi connectivity index (χ0v) is 32.6. The Morgan fingerprint density at radius 3 is 2.06 bits per heavy atom. The van der Waals surface area contributed by atoms with E-state index >= 15 is 0 Å². The minimum Gasteiger partial charge on any atom is -0.396 e. The van der Waals surface area contributed by atoms with Crippen molar-refractivity contribution in [2.75, 3.05) is 48.5 Å². The number of likely N-dealkylation sites (tertiary alicyclic amines) is 1. The monoisotopic (exact) mass is 694 g/mol. The van der Waals surface area contributed by atoms with Gasteiger partial charge in [0, 0.05) is 46.6 Å². The summed E-state index contributed by atoms with van der Waals surface area (Å²) in [4.78, 5) is 59.8. The predicted octanol–water partition coefficient (Wildman–Crippen LogP) is 5.38. The van der Waals surface area contributed by atoms with Crippen molar-refractivity contribution in [3.05, 3.63) is 0 Å². The minimum absolute atomic E-state index is 0.0146. The fourth-order valence-corrected chi connectivity index (χ4v) is 8.75. The fraction of sp³-hybridized carbons (Fsp3) is 0.897. The number of hydrogen-bond donors (Lipinski definition) is 1. The lowest BCUT2D eigenvalue weighted by atomic mass is 9.84. The highest BCUT2D eigenvalue weighted by molar-refractivity contribution is 5.90. The summed E-state index contributed by atoms with van der Waals surface area (Å²) in [6.45, 7) is 10.1. The Labute approximate surface area is 298 Å². The van der Waals surface area contributed by atoms with Gasteiger partial charge in [-0.1, -0.05) is 79.6 Å². The van der Waals surface area contributed by atoms with E-state index in [4.69, 9.17) is 9.47 Å². The first-order valence-corrected chi connectivity index (χ1v) is 19.2. The van der Waals surface area contributed by atoms with E-state index in [-0.39, 0.29) is 72.2 Å². The second kappa shape index (κ2) is 21.5. The van der Waals surface area contributed by atoms with Crippen molar-refractivity contribution in [1.29, 1.82) is 0 Å². The van der Waals surface area contributed by atoms with Crippen molar-refractivity contribution in [2.45, 2.75) is 148 Å². The largest absolute Gasteiger partial charge is 0.396 e. The zero-order chi connectivity index (χ0) is 36.8. The molecule has 1 saturated heterocycles. The number of rotatable bonds is 22. The van der Waals surface area contributed by atoms with E-state index in [1.54, 1.807) is 26.2 Å². The van der Waals surface area contributed by atoms with E-state index in [1.165, 1.54) is 32.1 Å². The molecule has 10 nitrogen and oxygen atoms in total. The number of aliphatic hydroxyl groups is 1. The van der Waals surface area contributed by atoms with Crippen LogP contribution in [0.2, 0.25) is 0 Å². The summed E-state index contributed by atoms with van der Waals surface area (Å²) in [5.74, 6) is -0.688. The summed E-state index contributed by atoms with van der Waals surface area (Å²) >= 11 is 0. The Hall–Kier alpha value is -1.88. The Morgan fingerprint density at radius 1 is 0.878 bits per heavy atom. The summed E-state index contributed by atoms with van der Waals surface area (Å²) in [6.07, 6.45) is 10.5. The Kier molecular flexibility index (Phi) is 19.0. The van der Waals surface area contributed by atoms with Gasteiger partial charge in [0.25, 0.3) is 0 Å². The number of carbonyl (C=O) groups excluding carboxylic acids is 4. The third-order valence-electron chi connectivity index (χ3n) is 11.6. The molecule has 0 unspecified atom stereocenters. The topological polar surface area (TPSA) is 117 Å². The first-order valence-electron chi connectivity index (χ1n) is 19.2. The number of likely N-dealkylation sites (N-methyl/N-ethyl adjacent to an activating group) is 2. The molecule has 1 heterocycles. The molecule has 1 N–H and O–H groups in total. The van der Waals surface area contributed by atoms with Gasteiger partial charge in [-0.15, -0.1) is 0 Å². The first-order chi connectivity index (χ1) is 23.2. The van der Waals surface area contributed by atoms with Crippen molar-refractivity contribution < 1.29 is 33.8 Å². The fourth-order valence-electron chi connectivity index (χ4n) is 8.75. The molecule has 8 atom stereocenters. The van der Waals surface area contributed by atoms with Gasteiger partial charge >= 0.3 is 0 Å². The van der Waals surface area contributed by atoms with Crippen LogP contribution in [-0.4, -0.2) is 122 Å². The average Bonchev–Trinajstić information content (AvgIpc) is 3.56. The van der Waals surface area contributed by atoms with Gasteiger partial charge in [0.05, 0.1) is 49.3 Å². The van der Waals surface area contributed by atoms with Crippen LogP contribution >= 0.6 is 0 Å². The maximum absolute atomic E-state index is 14.0. The highest BCUT2D eigenvalue weighted by Crippen LogP contribution is 2.32. The number of nitrogens with zero attached hydrogens (tertiary/aromatic N) is 3. The van der Waals surface area contributed by atoms with E-state index in [0.717, 1.165) is 38.0 Å². The summed E-state index contributed by atoms with van der Waals surface area (Å²) in [5.41, 5.74) is 0. The van der Waals surface area contributed by atoms with Gasteiger partial charge in [-0.3, -0.25) is 24.1 Å². The number of hydrogen-bond acceptors (Lipinski definition) is 8. The Morgan fingerprint density at radius 2 is 1.53 bits per heavy atom. The van der Waals surface area contributed by atoms with E-state index in [1.807, 2.05) is 58.5 Å². The van der Waals surface area contributed by atoms with E-state index < -0.39 is 24.7 Å².